The fourth-order valence-corrected chi connectivity index (χ4v) is 3.38. The van der Waals surface area contributed by atoms with Crippen LogP contribution in [-0.4, -0.2) is 26.9 Å². The van der Waals surface area contributed by atoms with Crippen LogP contribution in [0.3, 0.4) is 0 Å². The molecule has 3 aromatic carbocycles. The normalized spacial score (nSPS) is 11.0. The van der Waals surface area contributed by atoms with Gasteiger partial charge >= 0.3 is 5.97 Å². The topological polar surface area (TPSA) is 116 Å². The number of esters is 1. The molecule has 3 aromatic rings. The Morgan fingerprint density at radius 3 is 2.35 bits per heavy atom. The van der Waals surface area contributed by atoms with Crippen LogP contribution in [0.15, 0.2) is 77.7 Å². The van der Waals surface area contributed by atoms with Gasteiger partial charge in [0.1, 0.15) is 5.82 Å². The number of carbonyl (C=O) groups excluding carboxylic acids is 2. The number of sulfonamides is 1. The first-order valence-electron chi connectivity index (χ1n) is 9.15. The third-order valence-electron chi connectivity index (χ3n) is 4.35. The molecule has 0 saturated heterocycles. The van der Waals surface area contributed by atoms with E-state index < -0.39 is 44.8 Å². The summed E-state index contributed by atoms with van der Waals surface area (Å²) in [5.74, 6) is -2.81. The van der Waals surface area contributed by atoms with Gasteiger partial charge in [-0.25, -0.2) is 22.7 Å². The number of nitrogens with two attached hydrogens (primary N) is 1. The number of ether oxygens (including phenoxy) is 1. The van der Waals surface area contributed by atoms with E-state index in [0.29, 0.717) is 12.1 Å². The average molecular weight is 442 g/mol. The first-order chi connectivity index (χ1) is 14.7. The largest absolute Gasteiger partial charge is 0.452 e. The summed E-state index contributed by atoms with van der Waals surface area (Å²) in [7, 11) is -4.13. The van der Waals surface area contributed by atoms with Gasteiger partial charge in [0.2, 0.25) is 10.0 Å². The number of anilines is 1. The summed E-state index contributed by atoms with van der Waals surface area (Å²) in [6.45, 7) is -0.683. The van der Waals surface area contributed by atoms with Gasteiger partial charge in [-0.15, -0.1) is 0 Å². The molecular weight excluding hydrogens is 423 g/mol. The van der Waals surface area contributed by atoms with E-state index in [1.807, 2.05) is 42.5 Å². The Bertz CT molecular complexity index is 1210. The highest BCUT2D eigenvalue weighted by atomic mass is 32.2. The van der Waals surface area contributed by atoms with Crippen molar-refractivity contribution < 1.29 is 27.1 Å². The molecule has 0 spiro atoms. The van der Waals surface area contributed by atoms with Crippen LogP contribution < -0.4 is 10.5 Å². The van der Waals surface area contributed by atoms with E-state index in [1.54, 1.807) is 12.1 Å². The molecule has 1 amide bonds. The highest BCUT2D eigenvalue weighted by molar-refractivity contribution is 7.89. The van der Waals surface area contributed by atoms with E-state index >= 15 is 0 Å². The van der Waals surface area contributed by atoms with Crippen LogP contribution in [0.25, 0.3) is 0 Å². The Labute approximate surface area is 178 Å². The molecule has 0 unspecified atom stereocenters. The molecule has 3 rings (SSSR count). The number of nitrogens with one attached hydrogen (secondary N) is 1. The molecule has 0 aliphatic carbocycles. The Morgan fingerprint density at radius 2 is 1.65 bits per heavy atom. The predicted octanol–water partition coefficient (Wildman–Crippen LogP) is 2.86. The van der Waals surface area contributed by atoms with Crippen LogP contribution in [0.5, 0.6) is 0 Å². The standard InChI is InChI=1S/C22H19FN2O5S/c23-19-11-10-17(31(24,28)29)13-18(19)22(27)30-14-21(26)25-20-9-5-4-8-16(20)12-15-6-2-1-3-7-15/h1-11,13H,12,14H2,(H,25,26)(H2,24,28,29). The van der Waals surface area contributed by atoms with Crippen molar-refractivity contribution in [1.29, 1.82) is 0 Å². The molecule has 0 aliphatic rings. The second kappa shape index (κ2) is 9.50. The Hall–Kier alpha value is -3.56. The number of amides is 1. The van der Waals surface area contributed by atoms with Gasteiger partial charge in [-0.1, -0.05) is 48.5 Å². The molecule has 31 heavy (non-hydrogen) atoms. The molecular formula is C22H19FN2O5S. The van der Waals surface area contributed by atoms with Gasteiger partial charge in [0, 0.05) is 5.69 Å². The lowest BCUT2D eigenvalue weighted by Gasteiger charge is -2.12. The summed E-state index contributed by atoms with van der Waals surface area (Å²) in [5, 5.41) is 7.65. The summed E-state index contributed by atoms with van der Waals surface area (Å²) < 4.78 is 41.5. The third-order valence-corrected chi connectivity index (χ3v) is 5.26. The van der Waals surface area contributed by atoms with Crippen LogP contribution in [0.2, 0.25) is 0 Å². The first-order valence-corrected chi connectivity index (χ1v) is 10.7. The molecule has 0 fully saturated rings. The van der Waals surface area contributed by atoms with Gasteiger partial charge in [-0.05, 0) is 41.8 Å². The van der Waals surface area contributed by atoms with Crippen molar-refractivity contribution in [3.63, 3.8) is 0 Å². The van der Waals surface area contributed by atoms with E-state index in [4.69, 9.17) is 9.88 Å². The van der Waals surface area contributed by atoms with E-state index in [9.17, 15) is 22.4 Å². The minimum Gasteiger partial charge on any atom is -0.452 e. The molecule has 0 aromatic heterocycles. The molecule has 0 aliphatic heterocycles. The number of benzene rings is 3. The maximum Gasteiger partial charge on any atom is 0.341 e. The number of hydrogen-bond donors (Lipinski definition) is 2. The molecule has 3 N–H and O–H groups in total. The number of halogens is 1. The Morgan fingerprint density at radius 1 is 0.968 bits per heavy atom. The number of carbonyl (C=O) groups is 2. The van der Waals surface area contributed by atoms with Crippen molar-refractivity contribution in [2.24, 2.45) is 5.14 Å². The molecule has 0 bridgehead atoms. The predicted molar refractivity (Wildman–Crippen MR) is 112 cm³/mol. The second-order valence-electron chi connectivity index (χ2n) is 6.63. The van der Waals surface area contributed by atoms with Crippen LogP contribution in [0.4, 0.5) is 10.1 Å². The zero-order valence-corrected chi connectivity index (χ0v) is 17.1. The van der Waals surface area contributed by atoms with Crippen molar-refractivity contribution in [2.45, 2.75) is 11.3 Å². The van der Waals surface area contributed by atoms with E-state index in [0.717, 1.165) is 29.3 Å². The van der Waals surface area contributed by atoms with Crippen molar-refractivity contribution in [2.75, 3.05) is 11.9 Å². The van der Waals surface area contributed by atoms with Crippen LogP contribution in [0.1, 0.15) is 21.5 Å². The average Bonchev–Trinajstić information content (AvgIpc) is 2.73. The van der Waals surface area contributed by atoms with Gasteiger partial charge < -0.3 is 10.1 Å². The molecule has 9 heteroatoms. The quantitative estimate of drug-likeness (QED) is 0.546. The molecule has 0 atom stereocenters. The summed E-state index contributed by atoms with van der Waals surface area (Å²) in [4.78, 5) is 24.0. The maximum absolute atomic E-state index is 13.9. The van der Waals surface area contributed by atoms with Gasteiger partial charge in [0.05, 0.1) is 10.5 Å². The van der Waals surface area contributed by atoms with Crippen molar-refractivity contribution in [3.8, 4) is 0 Å². The lowest BCUT2D eigenvalue weighted by molar-refractivity contribution is -0.119. The highest BCUT2D eigenvalue weighted by Crippen LogP contribution is 2.19. The van der Waals surface area contributed by atoms with Gasteiger partial charge in [-0.3, -0.25) is 4.79 Å². The number of hydrogen-bond acceptors (Lipinski definition) is 5. The SMILES string of the molecule is NS(=O)(=O)c1ccc(F)c(C(=O)OCC(=O)Nc2ccccc2Cc2ccccc2)c1. The summed E-state index contributed by atoms with van der Waals surface area (Å²) in [6.07, 6.45) is 0.586. The van der Waals surface area contributed by atoms with Gasteiger partial charge in [0.15, 0.2) is 6.61 Å². The van der Waals surface area contributed by atoms with E-state index in [2.05, 4.69) is 5.32 Å². The van der Waals surface area contributed by atoms with Crippen molar-refractivity contribution >= 4 is 27.6 Å². The second-order valence-corrected chi connectivity index (χ2v) is 8.19. The fraction of sp³-hybridized carbons (Fsp3) is 0.0909. The third kappa shape index (κ3) is 5.97. The summed E-state index contributed by atoms with van der Waals surface area (Å²) >= 11 is 0. The smallest absolute Gasteiger partial charge is 0.341 e. The minimum absolute atomic E-state index is 0.444. The molecule has 160 valence electrons. The van der Waals surface area contributed by atoms with Gasteiger partial charge in [-0.2, -0.15) is 0 Å². The molecule has 0 saturated carbocycles. The molecule has 7 nitrogen and oxygen atoms in total. The zero-order valence-electron chi connectivity index (χ0n) is 16.2. The maximum atomic E-state index is 13.9. The number of primary sulfonamides is 1. The first kappa shape index (κ1) is 22.1. The lowest BCUT2D eigenvalue weighted by atomic mass is 10.0. The number of para-hydroxylation sites is 1. The lowest BCUT2D eigenvalue weighted by Crippen LogP contribution is -2.22. The Kier molecular flexibility index (Phi) is 6.78. The fourth-order valence-electron chi connectivity index (χ4n) is 2.85. The minimum atomic E-state index is -4.13. The summed E-state index contributed by atoms with van der Waals surface area (Å²) in [6, 6.07) is 19.3. The highest BCUT2D eigenvalue weighted by Gasteiger charge is 2.19. The zero-order chi connectivity index (χ0) is 22.4. The van der Waals surface area contributed by atoms with Crippen LogP contribution in [0, 0.1) is 5.82 Å². The Balaban J connectivity index is 1.66. The number of rotatable bonds is 7. The van der Waals surface area contributed by atoms with Crippen molar-refractivity contribution in [3.05, 3.63) is 95.3 Å². The van der Waals surface area contributed by atoms with E-state index in [1.165, 1.54) is 0 Å². The molecule has 0 radical (unpaired) electrons. The monoisotopic (exact) mass is 442 g/mol. The van der Waals surface area contributed by atoms with Gasteiger partial charge in [0.25, 0.3) is 5.91 Å². The van der Waals surface area contributed by atoms with Crippen LogP contribution >= 0.6 is 0 Å². The van der Waals surface area contributed by atoms with Crippen molar-refractivity contribution in [1.82, 2.24) is 0 Å². The van der Waals surface area contributed by atoms with Crippen LogP contribution in [-0.2, 0) is 26.0 Å². The summed E-state index contributed by atoms with van der Waals surface area (Å²) in [5.41, 5.74) is 1.83. The molecule has 0 heterocycles. The van der Waals surface area contributed by atoms with E-state index in [-0.39, 0.29) is 0 Å².